The van der Waals surface area contributed by atoms with Crippen molar-refractivity contribution in [3.05, 3.63) is 11.8 Å². The lowest BCUT2D eigenvalue weighted by Gasteiger charge is -2.08. The van der Waals surface area contributed by atoms with Crippen LogP contribution in [-0.2, 0) is 4.84 Å². The van der Waals surface area contributed by atoms with Gasteiger partial charge in [0, 0.05) is 12.3 Å². The van der Waals surface area contributed by atoms with Crippen molar-refractivity contribution in [1.29, 1.82) is 0 Å². The molecule has 0 aromatic rings. The summed E-state index contributed by atoms with van der Waals surface area (Å²) < 4.78 is 0. The predicted octanol–water partition coefficient (Wildman–Crippen LogP) is 2.73. The lowest BCUT2D eigenvalue weighted by atomic mass is 10.1. The van der Waals surface area contributed by atoms with Crippen LogP contribution in [0.25, 0.3) is 0 Å². The molecule has 0 bridgehead atoms. The fourth-order valence-electron chi connectivity index (χ4n) is 1.26. The second kappa shape index (κ2) is 3.74. The van der Waals surface area contributed by atoms with E-state index in [1.54, 1.807) is 0 Å². The molecule has 0 aliphatic heterocycles. The van der Waals surface area contributed by atoms with Crippen LogP contribution in [0, 0.1) is 5.92 Å². The van der Waals surface area contributed by atoms with Crippen LogP contribution in [0.1, 0.15) is 38.5 Å². The summed E-state index contributed by atoms with van der Waals surface area (Å²) in [5.74, 6) is 1.63. The third-order valence-electron chi connectivity index (χ3n) is 2.22. The van der Waals surface area contributed by atoms with Crippen LogP contribution >= 0.6 is 0 Å². The minimum Gasteiger partial charge on any atom is -0.361 e. The Kier molecular flexibility index (Phi) is 2.45. The first kappa shape index (κ1) is 7.84. The van der Waals surface area contributed by atoms with Gasteiger partial charge in [-0.3, -0.25) is 0 Å². The highest BCUT2D eigenvalue weighted by molar-refractivity contribution is 5.62. The van der Waals surface area contributed by atoms with Gasteiger partial charge in [-0.25, -0.2) is 0 Å². The number of allylic oxidation sites excluding steroid dienone is 2. The fraction of sp³-hybridized carbons (Fsp3) is 0.700. The molecule has 0 saturated heterocycles. The van der Waals surface area contributed by atoms with Gasteiger partial charge >= 0.3 is 0 Å². The lowest BCUT2D eigenvalue weighted by molar-refractivity contribution is 0.209. The van der Waals surface area contributed by atoms with Crippen molar-refractivity contribution >= 4 is 6.21 Å². The van der Waals surface area contributed by atoms with Gasteiger partial charge in [-0.05, 0) is 38.2 Å². The first-order valence-corrected chi connectivity index (χ1v) is 4.77. The van der Waals surface area contributed by atoms with E-state index in [1.165, 1.54) is 25.7 Å². The van der Waals surface area contributed by atoms with Crippen molar-refractivity contribution in [2.75, 3.05) is 0 Å². The van der Waals surface area contributed by atoms with Crippen molar-refractivity contribution in [1.82, 2.24) is 0 Å². The van der Waals surface area contributed by atoms with Crippen molar-refractivity contribution < 1.29 is 4.84 Å². The molecule has 0 aromatic carbocycles. The average molecular weight is 164 g/mol. The zero-order chi connectivity index (χ0) is 8.23. The summed E-state index contributed by atoms with van der Waals surface area (Å²) in [6, 6.07) is 0. The highest BCUT2D eigenvalue weighted by Crippen LogP contribution is 2.26. The molecule has 0 spiro atoms. The maximum absolute atomic E-state index is 5.21. The van der Waals surface area contributed by atoms with E-state index in [4.69, 9.17) is 4.84 Å². The smallest absolute Gasteiger partial charge is 0.131 e. The molecule has 1 fully saturated rings. The molecule has 2 aliphatic carbocycles. The maximum Gasteiger partial charge on any atom is 0.131 e. The molecule has 2 nitrogen and oxygen atoms in total. The minimum atomic E-state index is 0.592. The quantitative estimate of drug-likeness (QED) is 0.464. The number of nitrogens with zero attached hydrogens (tertiary/aromatic N) is 1. The number of rotatable bonds is 3. The van der Waals surface area contributed by atoms with Crippen LogP contribution in [0.5, 0.6) is 0 Å². The molecular weight excluding hydrogens is 150 g/mol. The Morgan fingerprint density at radius 1 is 1.42 bits per heavy atom. The standard InChI is InChI=1S/C10H14NO/c1-2-4-10(5-3-1)12-11-8-9-6-7-9/h4,9H,1-3,5-7H2. The van der Waals surface area contributed by atoms with E-state index < -0.39 is 0 Å². The first-order valence-electron chi connectivity index (χ1n) is 4.77. The van der Waals surface area contributed by atoms with Gasteiger partial charge in [0.25, 0.3) is 0 Å². The topological polar surface area (TPSA) is 21.6 Å². The van der Waals surface area contributed by atoms with E-state index in [2.05, 4.69) is 17.4 Å². The Bertz CT molecular complexity index is 204. The van der Waals surface area contributed by atoms with Gasteiger partial charge in [0.1, 0.15) is 12.0 Å². The molecule has 0 atom stereocenters. The Hall–Kier alpha value is -0.790. The van der Waals surface area contributed by atoms with Crippen molar-refractivity contribution in [2.45, 2.75) is 38.5 Å². The zero-order valence-corrected chi connectivity index (χ0v) is 7.25. The summed E-state index contributed by atoms with van der Waals surface area (Å²) >= 11 is 0. The SMILES string of the molecule is [C](=N\OC1=CCCCC1)/C1CC1. The van der Waals surface area contributed by atoms with Crippen LogP contribution in [0.4, 0.5) is 0 Å². The van der Waals surface area contributed by atoms with E-state index in [1.807, 2.05) is 0 Å². The van der Waals surface area contributed by atoms with Gasteiger partial charge in [0.15, 0.2) is 0 Å². The Labute approximate surface area is 73.3 Å². The average Bonchev–Trinajstić information content (AvgIpc) is 2.90. The van der Waals surface area contributed by atoms with Gasteiger partial charge in [0.2, 0.25) is 0 Å². The van der Waals surface area contributed by atoms with Crippen molar-refractivity contribution in [2.24, 2.45) is 11.1 Å². The molecule has 2 aliphatic rings. The Balaban J connectivity index is 1.73. The molecule has 0 aromatic heterocycles. The lowest BCUT2D eigenvalue weighted by Crippen LogP contribution is -1.93. The molecule has 12 heavy (non-hydrogen) atoms. The third-order valence-corrected chi connectivity index (χ3v) is 2.22. The first-order chi connectivity index (χ1) is 5.95. The number of hydrogen-bond donors (Lipinski definition) is 0. The van der Waals surface area contributed by atoms with Crippen LogP contribution in [0.3, 0.4) is 0 Å². The van der Waals surface area contributed by atoms with Gasteiger partial charge < -0.3 is 4.84 Å². The highest BCUT2D eigenvalue weighted by Gasteiger charge is 2.19. The summed E-state index contributed by atoms with van der Waals surface area (Å²) in [7, 11) is 0. The van der Waals surface area contributed by atoms with Crippen molar-refractivity contribution in [3.8, 4) is 0 Å². The number of hydrogen-bond acceptors (Lipinski definition) is 2. The molecular formula is C10H14NO. The molecule has 1 radical (unpaired) electrons. The summed E-state index contributed by atoms with van der Waals surface area (Å²) in [4.78, 5) is 5.21. The molecule has 2 rings (SSSR count). The van der Waals surface area contributed by atoms with Crippen LogP contribution in [0.2, 0.25) is 0 Å². The third kappa shape index (κ3) is 2.36. The summed E-state index contributed by atoms with van der Waals surface area (Å²) in [5.41, 5.74) is 0. The summed E-state index contributed by atoms with van der Waals surface area (Å²) in [6.45, 7) is 0. The highest BCUT2D eigenvalue weighted by atomic mass is 16.6. The van der Waals surface area contributed by atoms with Crippen LogP contribution < -0.4 is 0 Å². The van der Waals surface area contributed by atoms with Crippen LogP contribution in [-0.4, -0.2) is 6.21 Å². The summed E-state index contributed by atoms with van der Waals surface area (Å²) in [5, 5.41) is 3.84. The largest absolute Gasteiger partial charge is 0.361 e. The normalized spacial score (nSPS) is 24.2. The molecule has 2 heteroatoms. The maximum atomic E-state index is 5.21. The second-order valence-electron chi connectivity index (χ2n) is 3.50. The van der Waals surface area contributed by atoms with E-state index in [0.29, 0.717) is 5.92 Å². The summed E-state index contributed by atoms with van der Waals surface area (Å²) in [6.07, 6.45) is 12.3. The second-order valence-corrected chi connectivity index (χ2v) is 3.50. The van der Waals surface area contributed by atoms with Crippen molar-refractivity contribution in [3.63, 3.8) is 0 Å². The van der Waals surface area contributed by atoms with Gasteiger partial charge in [-0.1, -0.05) is 5.16 Å². The molecule has 65 valence electrons. The van der Waals surface area contributed by atoms with E-state index >= 15 is 0 Å². The van der Waals surface area contributed by atoms with Crippen LogP contribution in [0.15, 0.2) is 17.0 Å². The molecule has 1 saturated carbocycles. The van der Waals surface area contributed by atoms with Gasteiger partial charge in [-0.2, -0.15) is 0 Å². The Morgan fingerprint density at radius 3 is 3.00 bits per heavy atom. The minimum absolute atomic E-state index is 0.592. The zero-order valence-electron chi connectivity index (χ0n) is 7.25. The van der Waals surface area contributed by atoms with Gasteiger partial charge in [-0.15, -0.1) is 0 Å². The van der Waals surface area contributed by atoms with E-state index in [0.717, 1.165) is 18.6 Å². The molecule has 0 amide bonds. The molecule has 0 heterocycles. The predicted molar refractivity (Wildman–Crippen MR) is 47.8 cm³/mol. The van der Waals surface area contributed by atoms with Gasteiger partial charge in [0.05, 0.1) is 0 Å². The monoisotopic (exact) mass is 164 g/mol. The fourth-order valence-corrected chi connectivity index (χ4v) is 1.26. The van der Waals surface area contributed by atoms with E-state index in [-0.39, 0.29) is 0 Å². The molecule has 0 N–H and O–H groups in total. The van der Waals surface area contributed by atoms with E-state index in [9.17, 15) is 0 Å². The molecule has 0 unspecified atom stereocenters. The Morgan fingerprint density at radius 2 is 2.33 bits per heavy atom.